The molecule has 0 spiro atoms. The van der Waals surface area contributed by atoms with E-state index in [-0.39, 0.29) is 6.42 Å². The van der Waals surface area contributed by atoms with Gasteiger partial charge in [0.15, 0.2) is 6.10 Å². The van der Waals surface area contributed by atoms with Gasteiger partial charge in [-0.2, -0.15) is 5.10 Å². The number of nitrogens with one attached hydrogen (secondary N) is 1. The van der Waals surface area contributed by atoms with Crippen molar-refractivity contribution in [3.63, 3.8) is 0 Å². The lowest BCUT2D eigenvalue weighted by Crippen LogP contribution is -2.50. The second-order valence-electron chi connectivity index (χ2n) is 7.59. The van der Waals surface area contributed by atoms with Gasteiger partial charge in [-0.1, -0.05) is 48.5 Å². The summed E-state index contributed by atoms with van der Waals surface area (Å²) < 4.78 is 1.55. The first-order valence-corrected chi connectivity index (χ1v) is 10.1. The molecule has 0 radical (unpaired) electrons. The largest absolute Gasteiger partial charge is 0.381 e. The molecule has 4 N–H and O–H groups in total. The SMILES string of the molecule is Cn1cc(C(=O)NC(Cc2ccccc2)C(O)C(N)=O)c(-c2ccc3cccnc3c2)n1. The Morgan fingerprint density at radius 2 is 1.91 bits per heavy atom. The molecule has 8 heteroatoms. The Morgan fingerprint density at radius 1 is 1.12 bits per heavy atom. The highest BCUT2D eigenvalue weighted by molar-refractivity contribution is 6.01. The van der Waals surface area contributed by atoms with Crippen LogP contribution in [0, 0.1) is 0 Å². The van der Waals surface area contributed by atoms with Crippen molar-refractivity contribution in [2.45, 2.75) is 18.6 Å². The number of rotatable bonds is 7. The summed E-state index contributed by atoms with van der Waals surface area (Å²) in [5, 5.41) is 18.5. The van der Waals surface area contributed by atoms with Crippen LogP contribution in [-0.2, 0) is 18.3 Å². The van der Waals surface area contributed by atoms with Gasteiger partial charge in [0.25, 0.3) is 5.91 Å². The molecule has 0 aliphatic heterocycles. The third-order valence-corrected chi connectivity index (χ3v) is 5.24. The van der Waals surface area contributed by atoms with Crippen molar-refractivity contribution in [1.29, 1.82) is 0 Å². The molecule has 0 saturated heterocycles. The number of carbonyl (C=O) groups excluding carboxylic acids is 2. The van der Waals surface area contributed by atoms with Gasteiger partial charge in [-0.25, -0.2) is 0 Å². The summed E-state index contributed by atoms with van der Waals surface area (Å²) in [7, 11) is 1.72. The summed E-state index contributed by atoms with van der Waals surface area (Å²) in [4.78, 5) is 29.2. The number of pyridine rings is 1. The molecule has 0 aliphatic carbocycles. The van der Waals surface area contributed by atoms with Crippen molar-refractivity contribution in [3.8, 4) is 11.3 Å². The normalized spacial score (nSPS) is 12.9. The molecule has 4 rings (SSSR count). The zero-order valence-corrected chi connectivity index (χ0v) is 17.5. The number of aryl methyl sites for hydroxylation is 1. The van der Waals surface area contributed by atoms with E-state index >= 15 is 0 Å². The number of fused-ring (bicyclic) bond motifs is 1. The fraction of sp³-hybridized carbons (Fsp3) is 0.167. The number of aliphatic hydroxyl groups is 1. The lowest BCUT2D eigenvalue weighted by Gasteiger charge is -2.22. The maximum Gasteiger partial charge on any atom is 0.255 e. The number of nitrogens with two attached hydrogens (primary N) is 1. The monoisotopic (exact) mass is 429 g/mol. The van der Waals surface area contributed by atoms with Crippen LogP contribution in [0.15, 0.2) is 73.1 Å². The molecular weight excluding hydrogens is 406 g/mol. The molecule has 0 bridgehead atoms. The van der Waals surface area contributed by atoms with Gasteiger partial charge in [0.05, 0.1) is 17.1 Å². The van der Waals surface area contributed by atoms with Crippen LogP contribution in [0.5, 0.6) is 0 Å². The van der Waals surface area contributed by atoms with E-state index in [0.29, 0.717) is 11.3 Å². The summed E-state index contributed by atoms with van der Waals surface area (Å²) in [5.74, 6) is -1.37. The molecule has 2 atom stereocenters. The average molecular weight is 429 g/mol. The highest BCUT2D eigenvalue weighted by Gasteiger charge is 2.28. The predicted octanol–water partition coefficient (Wildman–Crippen LogP) is 1.82. The molecule has 0 saturated carbocycles. The minimum Gasteiger partial charge on any atom is -0.381 e. The molecule has 2 amide bonds. The van der Waals surface area contributed by atoms with Crippen molar-refractivity contribution in [2.75, 3.05) is 0 Å². The van der Waals surface area contributed by atoms with Crippen LogP contribution in [0.4, 0.5) is 0 Å². The fourth-order valence-corrected chi connectivity index (χ4v) is 3.64. The Hall–Kier alpha value is -4.04. The number of hydrogen-bond acceptors (Lipinski definition) is 5. The van der Waals surface area contributed by atoms with Crippen LogP contribution in [0.2, 0.25) is 0 Å². The topological polar surface area (TPSA) is 123 Å². The van der Waals surface area contributed by atoms with Crippen molar-refractivity contribution in [1.82, 2.24) is 20.1 Å². The number of amides is 2. The number of carbonyl (C=O) groups is 2. The van der Waals surface area contributed by atoms with E-state index in [1.165, 1.54) is 0 Å². The van der Waals surface area contributed by atoms with Gasteiger partial charge in [-0.3, -0.25) is 19.3 Å². The number of hydrogen-bond donors (Lipinski definition) is 3. The van der Waals surface area contributed by atoms with Crippen LogP contribution < -0.4 is 11.1 Å². The molecular formula is C24H23N5O3. The average Bonchev–Trinajstić information content (AvgIpc) is 3.20. The van der Waals surface area contributed by atoms with Crippen molar-refractivity contribution < 1.29 is 14.7 Å². The van der Waals surface area contributed by atoms with E-state index in [0.717, 1.165) is 22.0 Å². The van der Waals surface area contributed by atoms with Crippen LogP contribution in [0.3, 0.4) is 0 Å². The summed E-state index contributed by atoms with van der Waals surface area (Å²) in [6.07, 6.45) is 2.01. The number of nitrogens with zero attached hydrogens (tertiary/aromatic N) is 3. The Balaban J connectivity index is 1.65. The smallest absolute Gasteiger partial charge is 0.255 e. The van der Waals surface area contributed by atoms with Crippen molar-refractivity contribution in [2.24, 2.45) is 12.8 Å². The second kappa shape index (κ2) is 8.99. The van der Waals surface area contributed by atoms with Gasteiger partial charge < -0.3 is 16.2 Å². The van der Waals surface area contributed by atoms with E-state index in [4.69, 9.17) is 5.73 Å². The molecule has 2 heterocycles. The highest BCUT2D eigenvalue weighted by atomic mass is 16.3. The van der Waals surface area contributed by atoms with Crippen molar-refractivity contribution >= 4 is 22.7 Å². The molecule has 2 aromatic heterocycles. The van der Waals surface area contributed by atoms with E-state index in [9.17, 15) is 14.7 Å². The third-order valence-electron chi connectivity index (χ3n) is 5.24. The summed E-state index contributed by atoms with van der Waals surface area (Å²) in [6, 6.07) is 17.8. The first-order valence-electron chi connectivity index (χ1n) is 10.1. The van der Waals surface area contributed by atoms with Gasteiger partial charge in [0.1, 0.15) is 5.69 Å². The number of primary amides is 1. The fourth-order valence-electron chi connectivity index (χ4n) is 3.64. The van der Waals surface area contributed by atoms with E-state index < -0.39 is 24.0 Å². The summed E-state index contributed by atoms with van der Waals surface area (Å²) in [5.41, 5.74) is 8.48. The number of benzene rings is 2. The van der Waals surface area contributed by atoms with Crippen LogP contribution in [0.25, 0.3) is 22.2 Å². The number of aliphatic hydroxyl groups excluding tert-OH is 1. The second-order valence-corrected chi connectivity index (χ2v) is 7.59. The Labute approximate surface area is 184 Å². The first kappa shape index (κ1) is 21.2. The predicted molar refractivity (Wildman–Crippen MR) is 121 cm³/mol. The number of aromatic nitrogens is 3. The minimum absolute atomic E-state index is 0.242. The van der Waals surface area contributed by atoms with Gasteiger partial charge in [-0.05, 0) is 24.1 Å². The third kappa shape index (κ3) is 4.50. The first-order chi connectivity index (χ1) is 15.4. The standard InChI is InChI=1S/C24H23N5O3/c1-29-14-18(21(28-29)17-10-9-16-8-5-11-26-19(16)13-17)24(32)27-20(22(30)23(25)31)12-15-6-3-2-4-7-15/h2-11,13-14,20,22,30H,12H2,1H3,(H2,25,31)(H,27,32). The molecule has 8 nitrogen and oxygen atoms in total. The maximum atomic E-state index is 13.2. The van der Waals surface area contributed by atoms with Gasteiger partial charge in [0.2, 0.25) is 5.91 Å². The van der Waals surface area contributed by atoms with Gasteiger partial charge in [-0.15, -0.1) is 0 Å². The lowest BCUT2D eigenvalue weighted by atomic mass is 9.99. The molecule has 0 fully saturated rings. The van der Waals surface area contributed by atoms with E-state index in [2.05, 4.69) is 15.4 Å². The Morgan fingerprint density at radius 3 is 2.66 bits per heavy atom. The Bertz CT molecular complexity index is 1270. The molecule has 162 valence electrons. The zero-order valence-electron chi connectivity index (χ0n) is 17.5. The summed E-state index contributed by atoms with van der Waals surface area (Å²) >= 11 is 0. The zero-order chi connectivity index (χ0) is 22.7. The summed E-state index contributed by atoms with van der Waals surface area (Å²) in [6.45, 7) is 0. The maximum absolute atomic E-state index is 13.2. The van der Waals surface area contributed by atoms with E-state index in [1.807, 2.05) is 60.7 Å². The van der Waals surface area contributed by atoms with Crippen molar-refractivity contribution in [3.05, 3.63) is 84.2 Å². The molecule has 32 heavy (non-hydrogen) atoms. The van der Waals surface area contributed by atoms with Crippen LogP contribution >= 0.6 is 0 Å². The molecule has 0 aliphatic rings. The highest BCUT2D eigenvalue weighted by Crippen LogP contribution is 2.25. The quantitative estimate of drug-likeness (QED) is 0.414. The van der Waals surface area contributed by atoms with Crippen LogP contribution in [-0.4, -0.2) is 43.8 Å². The van der Waals surface area contributed by atoms with E-state index in [1.54, 1.807) is 24.1 Å². The molecule has 2 unspecified atom stereocenters. The molecule has 4 aromatic rings. The van der Waals surface area contributed by atoms with Crippen LogP contribution in [0.1, 0.15) is 15.9 Å². The minimum atomic E-state index is -1.54. The van der Waals surface area contributed by atoms with Gasteiger partial charge in [0, 0.05) is 30.4 Å². The van der Waals surface area contributed by atoms with Gasteiger partial charge >= 0.3 is 0 Å². The molecule has 2 aromatic carbocycles. The lowest BCUT2D eigenvalue weighted by molar-refractivity contribution is -0.127. The Kier molecular flexibility index (Phi) is 5.96.